The van der Waals surface area contributed by atoms with Gasteiger partial charge in [-0.3, -0.25) is 14.9 Å². The fourth-order valence-electron chi connectivity index (χ4n) is 1.56. The van der Waals surface area contributed by atoms with Crippen molar-refractivity contribution in [2.75, 3.05) is 6.54 Å². The summed E-state index contributed by atoms with van der Waals surface area (Å²) >= 11 is 0. The average molecular weight is 354 g/mol. The minimum atomic E-state index is -3.95. The number of hydrogen-bond donors (Lipinski definition) is 2. The van der Waals surface area contributed by atoms with Crippen molar-refractivity contribution in [1.29, 1.82) is 0 Å². The summed E-state index contributed by atoms with van der Waals surface area (Å²) < 4.78 is 26.1. The van der Waals surface area contributed by atoms with Gasteiger partial charge in [0.25, 0.3) is 11.6 Å². The Kier molecular flexibility index (Phi) is 7.21. The molecule has 0 aromatic heterocycles. The van der Waals surface area contributed by atoms with E-state index in [-0.39, 0.29) is 10.6 Å². The minimum absolute atomic E-state index is 0.174. The molecule has 9 nitrogen and oxygen atoms in total. The van der Waals surface area contributed by atoms with E-state index < -0.39 is 27.4 Å². The van der Waals surface area contributed by atoms with Gasteiger partial charge in [0.15, 0.2) is 0 Å². The van der Waals surface area contributed by atoms with E-state index in [0.717, 1.165) is 30.7 Å². The van der Waals surface area contributed by atoms with Gasteiger partial charge in [-0.2, -0.15) is 5.10 Å². The molecule has 130 valence electrons. The number of hydrazone groups is 1. The maximum atomic E-state index is 12.0. The van der Waals surface area contributed by atoms with Crippen LogP contribution in [0.4, 0.5) is 5.69 Å². The zero-order chi connectivity index (χ0) is 18.2. The number of rotatable bonds is 9. The van der Waals surface area contributed by atoms with Crippen LogP contribution in [0.25, 0.3) is 0 Å². The number of carbonyl (C=O) groups is 1. The highest BCUT2D eigenvalue weighted by molar-refractivity contribution is 7.89. The Bertz CT molecular complexity index is 741. The standard InChI is InChI=1S/C14H18N4O5S/c1-3-4-5-11(2)16-17-14(19)10-15-24(22,23)13-8-6-12(7-9-13)18(20)21/h3,6-9,15H,1,4-5,10H2,2H3,(H,17,19)/b16-11+. The number of allylic oxidation sites excluding steroid dienone is 1. The van der Waals surface area contributed by atoms with E-state index >= 15 is 0 Å². The predicted octanol–water partition coefficient (Wildman–Crippen LogP) is 1.33. The third-order valence-electron chi connectivity index (χ3n) is 2.86. The van der Waals surface area contributed by atoms with Crippen molar-refractivity contribution in [3.63, 3.8) is 0 Å². The zero-order valence-corrected chi connectivity index (χ0v) is 13.9. The number of nitro benzene ring substituents is 1. The topological polar surface area (TPSA) is 131 Å². The van der Waals surface area contributed by atoms with Crippen LogP contribution < -0.4 is 10.1 Å². The monoisotopic (exact) mass is 354 g/mol. The molecule has 24 heavy (non-hydrogen) atoms. The van der Waals surface area contributed by atoms with Gasteiger partial charge in [-0.1, -0.05) is 6.08 Å². The van der Waals surface area contributed by atoms with Crippen LogP contribution in [0.15, 0.2) is 46.9 Å². The number of non-ortho nitro benzene ring substituents is 1. The van der Waals surface area contributed by atoms with Crippen LogP contribution in [-0.4, -0.2) is 31.5 Å². The number of benzene rings is 1. The van der Waals surface area contributed by atoms with Crippen LogP contribution in [0.1, 0.15) is 19.8 Å². The molecular formula is C14H18N4O5S. The molecule has 0 saturated heterocycles. The smallest absolute Gasteiger partial charge is 0.269 e. The second-order valence-electron chi connectivity index (χ2n) is 4.78. The first-order chi connectivity index (χ1) is 11.3. The van der Waals surface area contributed by atoms with E-state index in [1.165, 1.54) is 0 Å². The highest BCUT2D eigenvalue weighted by atomic mass is 32.2. The Balaban J connectivity index is 2.60. The fraction of sp³-hybridized carbons (Fsp3) is 0.286. The van der Waals surface area contributed by atoms with Gasteiger partial charge in [0.05, 0.1) is 16.4 Å². The summed E-state index contributed by atoms with van der Waals surface area (Å²) in [6.45, 7) is 4.80. The van der Waals surface area contributed by atoms with E-state index in [1.54, 1.807) is 13.0 Å². The Hall–Kier alpha value is -2.59. The van der Waals surface area contributed by atoms with Crippen LogP contribution >= 0.6 is 0 Å². The summed E-state index contributed by atoms with van der Waals surface area (Å²) in [6, 6.07) is 4.33. The summed E-state index contributed by atoms with van der Waals surface area (Å²) in [4.78, 5) is 21.3. The van der Waals surface area contributed by atoms with Gasteiger partial charge in [0, 0.05) is 17.8 Å². The summed E-state index contributed by atoms with van der Waals surface area (Å²) in [5.74, 6) is -0.626. The molecule has 0 aliphatic rings. The van der Waals surface area contributed by atoms with Crippen molar-refractivity contribution in [3.8, 4) is 0 Å². The summed E-state index contributed by atoms with van der Waals surface area (Å²) in [6.07, 6.45) is 3.08. The zero-order valence-electron chi connectivity index (χ0n) is 13.1. The first-order valence-corrected chi connectivity index (χ1v) is 8.41. The Morgan fingerprint density at radius 3 is 2.54 bits per heavy atom. The molecule has 10 heteroatoms. The lowest BCUT2D eigenvalue weighted by Crippen LogP contribution is -2.35. The maximum absolute atomic E-state index is 12.0. The first kappa shape index (κ1) is 19.5. The van der Waals surface area contributed by atoms with Crippen LogP contribution in [-0.2, 0) is 14.8 Å². The third kappa shape index (κ3) is 6.26. The van der Waals surface area contributed by atoms with Crippen molar-refractivity contribution in [1.82, 2.24) is 10.1 Å². The highest BCUT2D eigenvalue weighted by Gasteiger charge is 2.16. The molecule has 2 N–H and O–H groups in total. The largest absolute Gasteiger partial charge is 0.272 e. The van der Waals surface area contributed by atoms with Crippen LogP contribution in [0.2, 0.25) is 0 Å². The Morgan fingerprint density at radius 1 is 1.38 bits per heavy atom. The lowest BCUT2D eigenvalue weighted by atomic mass is 10.2. The molecule has 0 unspecified atom stereocenters. The molecule has 1 aromatic carbocycles. The predicted molar refractivity (Wildman–Crippen MR) is 89.0 cm³/mol. The van der Waals surface area contributed by atoms with Gasteiger partial charge in [-0.15, -0.1) is 6.58 Å². The van der Waals surface area contributed by atoms with E-state index in [0.29, 0.717) is 12.1 Å². The average Bonchev–Trinajstić information content (AvgIpc) is 2.56. The number of hydrogen-bond acceptors (Lipinski definition) is 6. The van der Waals surface area contributed by atoms with Crippen LogP contribution in [0.3, 0.4) is 0 Å². The molecule has 0 saturated carbocycles. The summed E-state index contributed by atoms with van der Waals surface area (Å²) in [5, 5.41) is 14.4. The Morgan fingerprint density at radius 2 is 2.00 bits per heavy atom. The van der Waals surface area contributed by atoms with Gasteiger partial charge in [0.2, 0.25) is 10.0 Å². The molecule has 0 aliphatic heterocycles. The van der Waals surface area contributed by atoms with Crippen molar-refractivity contribution >= 4 is 27.3 Å². The van der Waals surface area contributed by atoms with Crippen molar-refractivity contribution in [2.45, 2.75) is 24.7 Å². The van der Waals surface area contributed by atoms with Crippen LogP contribution in [0.5, 0.6) is 0 Å². The normalized spacial score (nSPS) is 11.8. The lowest BCUT2D eigenvalue weighted by Gasteiger charge is -2.06. The van der Waals surface area contributed by atoms with Crippen molar-refractivity contribution in [3.05, 3.63) is 47.0 Å². The molecule has 0 fully saturated rings. The number of amides is 1. The van der Waals surface area contributed by atoms with Crippen molar-refractivity contribution < 1.29 is 18.1 Å². The van der Waals surface area contributed by atoms with E-state index in [4.69, 9.17) is 0 Å². The van der Waals surface area contributed by atoms with Gasteiger partial charge >= 0.3 is 0 Å². The number of nitrogens with one attached hydrogen (secondary N) is 2. The molecule has 0 aliphatic carbocycles. The minimum Gasteiger partial charge on any atom is -0.272 e. The van der Waals surface area contributed by atoms with E-state index in [1.807, 2.05) is 0 Å². The van der Waals surface area contributed by atoms with Crippen LogP contribution in [0, 0.1) is 10.1 Å². The third-order valence-corrected chi connectivity index (χ3v) is 4.28. The van der Waals surface area contributed by atoms with Crippen molar-refractivity contribution in [2.24, 2.45) is 5.10 Å². The lowest BCUT2D eigenvalue weighted by molar-refractivity contribution is -0.384. The Labute approximate surface area is 139 Å². The maximum Gasteiger partial charge on any atom is 0.269 e. The number of carbonyl (C=O) groups excluding carboxylic acids is 1. The summed E-state index contributed by atoms with van der Waals surface area (Å²) in [7, 11) is -3.95. The molecule has 0 atom stereocenters. The van der Waals surface area contributed by atoms with E-state index in [9.17, 15) is 23.3 Å². The molecule has 0 heterocycles. The fourth-order valence-corrected chi connectivity index (χ4v) is 2.54. The van der Waals surface area contributed by atoms with Gasteiger partial charge < -0.3 is 0 Å². The molecule has 0 bridgehead atoms. The molecule has 1 rings (SSSR count). The van der Waals surface area contributed by atoms with E-state index in [2.05, 4.69) is 21.8 Å². The number of nitro groups is 1. The molecule has 0 spiro atoms. The molecule has 0 radical (unpaired) electrons. The molecule has 1 aromatic rings. The molecular weight excluding hydrogens is 336 g/mol. The highest BCUT2D eigenvalue weighted by Crippen LogP contribution is 2.15. The number of sulfonamides is 1. The summed E-state index contributed by atoms with van der Waals surface area (Å²) in [5.41, 5.74) is 2.69. The molecule has 1 amide bonds. The SMILES string of the molecule is C=CCC/C(C)=N/NC(=O)CNS(=O)(=O)c1ccc([N+](=O)[O-])cc1. The first-order valence-electron chi connectivity index (χ1n) is 6.93. The second-order valence-corrected chi connectivity index (χ2v) is 6.55. The number of nitrogens with zero attached hydrogens (tertiary/aromatic N) is 2. The van der Waals surface area contributed by atoms with Gasteiger partial charge in [-0.05, 0) is 31.9 Å². The van der Waals surface area contributed by atoms with Gasteiger partial charge in [-0.25, -0.2) is 18.6 Å². The van der Waals surface area contributed by atoms with Gasteiger partial charge in [0.1, 0.15) is 0 Å². The quantitative estimate of drug-likeness (QED) is 0.299. The second kappa shape index (κ2) is 8.89.